The van der Waals surface area contributed by atoms with E-state index in [0.717, 1.165) is 19.5 Å². The van der Waals surface area contributed by atoms with Crippen molar-refractivity contribution in [3.8, 4) is 0 Å². The molecule has 4 heteroatoms. The number of carbonyl (C=O) groups is 1. The van der Waals surface area contributed by atoms with Crippen molar-refractivity contribution in [3.05, 3.63) is 12.2 Å². The molecule has 0 atom stereocenters. The van der Waals surface area contributed by atoms with Gasteiger partial charge in [-0.05, 0) is 40.5 Å². The quantitative estimate of drug-likeness (QED) is 0.606. The van der Waals surface area contributed by atoms with Crippen LogP contribution in [0.1, 0.15) is 13.3 Å². The van der Waals surface area contributed by atoms with E-state index in [1.165, 1.54) is 0 Å². The van der Waals surface area contributed by atoms with E-state index in [0.29, 0.717) is 5.57 Å². The summed E-state index contributed by atoms with van der Waals surface area (Å²) in [4.78, 5) is 12.0. The lowest BCUT2D eigenvalue weighted by Gasteiger charge is -2.05. The van der Waals surface area contributed by atoms with Crippen LogP contribution in [0.3, 0.4) is 0 Å². The van der Waals surface area contributed by atoms with Crippen molar-refractivity contribution in [1.82, 2.24) is 4.90 Å². The van der Waals surface area contributed by atoms with Gasteiger partial charge in [0.25, 0.3) is 0 Å². The first kappa shape index (κ1) is 14.6. The number of nitrogens with zero attached hydrogens (tertiary/aromatic N) is 1. The highest BCUT2D eigenvalue weighted by atomic mass is 16.1. The Labute approximate surface area is 80.6 Å². The summed E-state index contributed by atoms with van der Waals surface area (Å²) in [5.74, 6) is -0.435. The highest BCUT2D eigenvalue weighted by molar-refractivity contribution is 5.90. The second-order valence-electron chi connectivity index (χ2n) is 3.09. The Bertz CT molecular complexity index is 143. The minimum atomic E-state index is -0.435. The van der Waals surface area contributed by atoms with E-state index >= 15 is 0 Å². The zero-order valence-corrected chi connectivity index (χ0v) is 8.84. The molecule has 4 nitrogen and oxygen atoms in total. The number of primary amides is 1. The molecule has 0 saturated heterocycles. The van der Waals surface area contributed by atoms with Gasteiger partial charge in [-0.25, -0.2) is 0 Å². The van der Waals surface area contributed by atoms with Gasteiger partial charge in [-0.15, -0.1) is 0 Å². The van der Waals surface area contributed by atoms with Crippen molar-refractivity contribution in [1.29, 1.82) is 0 Å². The second kappa shape index (κ2) is 9.22. The lowest BCUT2D eigenvalue weighted by Crippen LogP contribution is -2.16. The Morgan fingerprint density at radius 2 is 1.85 bits per heavy atom. The third kappa shape index (κ3) is 18.2. The first-order valence-corrected chi connectivity index (χ1v) is 4.22. The van der Waals surface area contributed by atoms with Crippen molar-refractivity contribution >= 4 is 5.91 Å². The number of carbonyl (C=O) groups excluding carboxylic acids is 1. The van der Waals surface area contributed by atoms with Gasteiger partial charge in [0, 0.05) is 5.57 Å². The summed E-state index contributed by atoms with van der Waals surface area (Å²) in [6, 6.07) is 0. The van der Waals surface area contributed by atoms with Gasteiger partial charge in [0.15, 0.2) is 0 Å². The topological polar surface area (TPSA) is 72.4 Å². The van der Waals surface area contributed by atoms with Crippen molar-refractivity contribution < 1.29 is 4.79 Å². The van der Waals surface area contributed by atoms with Crippen LogP contribution in [0.25, 0.3) is 0 Å². The summed E-state index contributed by atoms with van der Waals surface area (Å²) in [5, 5.41) is 0. The van der Waals surface area contributed by atoms with Crippen LogP contribution >= 0.6 is 0 Å². The van der Waals surface area contributed by atoms with E-state index in [9.17, 15) is 4.79 Å². The van der Waals surface area contributed by atoms with Gasteiger partial charge < -0.3 is 16.4 Å². The lowest BCUT2D eigenvalue weighted by atomic mass is 10.3. The molecule has 0 aromatic rings. The monoisotopic (exact) mass is 187 g/mol. The Morgan fingerprint density at radius 3 is 1.92 bits per heavy atom. The van der Waals surface area contributed by atoms with E-state index in [4.69, 9.17) is 11.5 Å². The van der Waals surface area contributed by atoms with Gasteiger partial charge in [-0.2, -0.15) is 0 Å². The fourth-order valence-corrected chi connectivity index (χ4v) is 0.408. The van der Waals surface area contributed by atoms with Crippen LogP contribution in [0.2, 0.25) is 0 Å². The van der Waals surface area contributed by atoms with Gasteiger partial charge in [-0.1, -0.05) is 6.58 Å². The van der Waals surface area contributed by atoms with Crippen molar-refractivity contribution in [2.75, 3.05) is 27.2 Å². The highest BCUT2D eigenvalue weighted by Crippen LogP contribution is 1.78. The number of hydrogen-bond acceptors (Lipinski definition) is 3. The zero-order chi connectivity index (χ0) is 10.9. The van der Waals surface area contributed by atoms with Crippen LogP contribution in [0, 0.1) is 0 Å². The normalized spacial score (nSPS) is 9.00. The summed E-state index contributed by atoms with van der Waals surface area (Å²) < 4.78 is 0. The first-order chi connectivity index (χ1) is 5.91. The molecule has 0 bridgehead atoms. The van der Waals surface area contributed by atoms with Crippen molar-refractivity contribution in [3.63, 3.8) is 0 Å². The molecule has 0 aliphatic carbocycles. The summed E-state index contributed by atoms with van der Waals surface area (Å²) in [5.41, 5.74) is 10.3. The van der Waals surface area contributed by atoms with Crippen molar-refractivity contribution in [2.45, 2.75) is 13.3 Å². The van der Waals surface area contributed by atoms with Crippen LogP contribution in [0.5, 0.6) is 0 Å². The fourth-order valence-electron chi connectivity index (χ4n) is 0.408. The molecule has 78 valence electrons. The fraction of sp³-hybridized carbons (Fsp3) is 0.667. The molecule has 0 fully saturated rings. The molecule has 0 aliphatic heterocycles. The predicted octanol–water partition coefficient (Wildman–Crippen LogP) is -0.0554. The predicted molar refractivity (Wildman–Crippen MR) is 56.2 cm³/mol. The Morgan fingerprint density at radius 1 is 1.46 bits per heavy atom. The molecule has 0 heterocycles. The van der Waals surface area contributed by atoms with E-state index in [1.807, 2.05) is 0 Å². The lowest BCUT2D eigenvalue weighted by molar-refractivity contribution is -0.114. The molecule has 0 rings (SSSR count). The van der Waals surface area contributed by atoms with Crippen molar-refractivity contribution in [2.24, 2.45) is 11.5 Å². The van der Waals surface area contributed by atoms with E-state index in [2.05, 4.69) is 25.6 Å². The Balaban J connectivity index is 0. The van der Waals surface area contributed by atoms with E-state index < -0.39 is 5.91 Å². The molecule has 13 heavy (non-hydrogen) atoms. The Hall–Kier alpha value is -0.870. The number of nitrogens with two attached hydrogens (primary N) is 2. The number of amides is 1. The highest BCUT2D eigenvalue weighted by Gasteiger charge is 1.86. The van der Waals surface area contributed by atoms with Gasteiger partial charge in [-0.3, -0.25) is 4.79 Å². The average Bonchev–Trinajstić information content (AvgIpc) is 2.01. The maximum Gasteiger partial charge on any atom is 0.243 e. The summed E-state index contributed by atoms with van der Waals surface area (Å²) >= 11 is 0. The molecule has 0 saturated carbocycles. The summed E-state index contributed by atoms with van der Waals surface area (Å²) in [6.45, 7) is 6.76. The minimum Gasteiger partial charge on any atom is -0.366 e. The van der Waals surface area contributed by atoms with Crippen LogP contribution in [0.4, 0.5) is 0 Å². The molecular formula is C9H21N3O. The van der Waals surface area contributed by atoms with Crippen LogP contribution in [-0.4, -0.2) is 38.0 Å². The largest absolute Gasteiger partial charge is 0.366 e. The Kier molecular flexibility index (Phi) is 10.4. The van der Waals surface area contributed by atoms with Gasteiger partial charge >= 0.3 is 0 Å². The van der Waals surface area contributed by atoms with Crippen LogP contribution < -0.4 is 11.5 Å². The second-order valence-corrected chi connectivity index (χ2v) is 3.09. The van der Waals surface area contributed by atoms with Crippen LogP contribution in [0.15, 0.2) is 12.2 Å². The molecular weight excluding hydrogens is 166 g/mol. The molecule has 1 amide bonds. The SMILES string of the molecule is C=C(C)C(N)=O.CN(C)CCCN. The molecule has 0 spiro atoms. The van der Waals surface area contributed by atoms with Crippen LogP contribution in [-0.2, 0) is 4.79 Å². The number of hydrogen-bond donors (Lipinski definition) is 2. The van der Waals surface area contributed by atoms with E-state index in [-0.39, 0.29) is 0 Å². The van der Waals surface area contributed by atoms with Gasteiger partial charge in [0.2, 0.25) is 5.91 Å². The standard InChI is InChI=1S/C5H14N2.C4H7NO/c1-7(2)5-3-4-6;1-3(2)4(5)6/h3-6H2,1-2H3;1H2,2H3,(H2,5,6). The van der Waals surface area contributed by atoms with Gasteiger partial charge in [0.1, 0.15) is 0 Å². The minimum absolute atomic E-state index is 0.398. The molecule has 0 aromatic carbocycles. The average molecular weight is 187 g/mol. The molecule has 0 unspecified atom stereocenters. The maximum absolute atomic E-state index is 9.82. The summed E-state index contributed by atoms with van der Waals surface area (Å²) in [7, 11) is 4.10. The van der Waals surface area contributed by atoms with E-state index in [1.54, 1.807) is 6.92 Å². The third-order valence-electron chi connectivity index (χ3n) is 1.23. The molecule has 0 aromatic heterocycles. The molecule has 0 radical (unpaired) electrons. The first-order valence-electron chi connectivity index (χ1n) is 4.22. The van der Waals surface area contributed by atoms with Gasteiger partial charge in [0.05, 0.1) is 0 Å². The smallest absolute Gasteiger partial charge is 0.243 e. The summed E-state index contributed by atoms with van der Waals surface area (Å²) in [6.07, 6.45) is 1.10. The molecule has 0 aliphatic rings. The zero-order valence-electron chi connectivity index (χ0n) is 8.84. The third-order valence-corrected chi connectivity index (χ3v) is 1.23. The molecule has 4 N–H and O–H groups in total. The number of rotatable bonds is 4. The maximum atomic E-state index is 9.82.